The molecule has 1 amide bonds. The zero-order valence-electron chi connectivity index (χ0n) is 11.8. The van der Waals surface area contributed by atoms with Crippen LogP contribution in [0, 0.1) is 5.92 Å². The second-order valence-electron chi connectivity index (χ2n) is 5.12. The molecule has 3 rings (SSSR count). The number of anilines is 1. The van der Waals surface area contributed by atoms with Gasteiger partial charge in [-0.15, -0.1) is 0 Å². The molecule has 0 spiro atoms. The Morgan fingerprint density at radius 3 is 2.95 bits per heavy atom. The standard InChI is InChI=1S/C15H16ClN3OS/c1-2-8-19(14(20)10-5-6-10)15-12(16)18-13(21-15)11-4-3-7-17-9-11/h3-4,7,9-10H,2,5-6,8H2,1H3. The molecule has 0 aromatic carbocycles. The minimum absolute atomic E-state index is 0.177. The maximum Gasteiger partial charge on any atom is 0.230 e. The first-order chi connectivity index (χ1) is 10.2. The maximum absolute atomic E-state index is 12.4. The van der Waals surface area contributed by atoms with Crippen molar-refractivity contribution >= 4 is 33.8 Å². The number of halogens is 1. The predicted octanol–water partition coefficient (Wildman–Crippen LogP) is 4.01. The summed E-state index contributed by atoms with van der Waals surface area (Å²) in [6.45, 7) is 2.74. The van der Waals surface area contributed by atoms with Gasteiger partial charge >= 0.3 is 0 Å². The molecule has 1 fully saturated rings. The molecule has 1 aliphatic rings. The summed E-state index contributed by atoms with van der Waals surface area (Å²) in [4.78, 5) is 22.7. The lowest BCUT2D eigenvalue weighted by Crippen LogP contribution is -2.32. The molecule has 1 saturated carbocycles. The molecule has 1 aliphatic carbocycles. The Morgan fingerprint density at radius 2 is 2.33 bits per heavy atom. The van der Waals surface area contributed by atoms with E-state index in [2.05, 4.69) is 16.9 Å². The number of hydrogen-bond donors (Lipinski definition) is 0. The third-order valence-corrected chi connectivity index (χ3v) is 4.87. The Labute approximate surface area is 132 Å². The molecule has 0 saturated heterocycles. The molecule has 4 nitrogen and oxygen atoms in total. The molecular formula is C15H16ClN3OS. The van der Waals surface area contributed by atoms with Gasteiger partial charge in [0.15, 0.2) is 5.15 Å². The number of aromatic nitrogens is 2. The fourth-order valence-electron chi connectivity index (χ4n) is 2.16. The first-order valence-electron chi connectivity index (χ1n) is 7.08. The van der Waals surface area contributed by atoms with E-state index in [1.807, 2.05) is 12.1 Å². The Balaban J connectivity index is 1.93. The Morgan fingerprint density at radius 1 is 1.52 bits per heavy atom. The SMILES string of the molecule is CCCN(C(=O)C1CC1)c1sc(-c2cccnc2)nc1Cl. The van der Waals surface area contributed by atoms with Crippen molar-refractivity contribution in [3.05, 3.63) is 29.7 Å². The summed E-state index contributed by atoms with van der Waals surface area (Å²) in [5.41, 5.74) is 0.922. The highest BCUT2D eigenvalue weighted by molar-refractivity contribution is 7.19. The van der Waals surface area contributed by atoms with Crippen molar-refractivity contribution in [2.45, 2.75) is 26.2 Å². The van der Waals surface area contributed by atoms with E-state index >= 15 is 0 Å². The molecule has 2 aromatic rings. The van der Waals surface area contributed by atoms with Crippen molar-refractivity contribution in [1.82, 2.24) is 9.97 Å². The second-order valence-corrected chi connectivity index (χ2v) is 6.46. The van der Waals surface area contributed by atoms with Gasteiger partial charge in [0, 0.05) is 30.4 Å². The molecule has 110 valence electrons. The van der Waals surface area contributed by atoms with Crippen molar-refractivity contribution in [1.29, 1.82) is 0 Å². The smallest absolute Gasteiger partial charge is 0.230 e. The molecule has 0 bridgehead atoms. The molecule has 0 aliphatic heterocycles. The van der Waals surface area contributed by atoms with Crippen LogP contribution < -0.4 is 4.90 Å². The van der Waals surface area contributed by atoms with E-state index in [0.717, 1.165) is 34.8 Å². The number of thiazole rings is 1. The second kappa shape index (κ2) is 6.12. The maximum atomic E-state index is 12.4. The van der Waals surface area contributed by atoms with Crippen LogP contribution in [0.4, 0.5) is 5.00 Å². The summed E-state index contributed by atoms with van der Waals surface area (Å²) in [5, 5.41) is 1.96. The van der Waals surface area contributed by atoms with Gasteiger partial charge in [-0.1, -0.05) is 29.9 Å². The molecule has 2 heterocycles. The van der Waals surface area contributed by atoms with Crippen LogP contribution in [0.1, 0.15) is 26.2 Å². The number of carbonyl (C=O) groups is 1. The van der Waals surface area contributed by atoms with Crippen LogP contribution in [0.2, 0.25) is 5.15 Å². The van der Waals surface area contributed by atoms with E-state index in [1.54, 1.807) is 17.3 Å². The molecule has 21 heavy (non-hydrogen) atoms. The predicted molar refractivity (Wildman–Crippen MR) is 85.7 cm³/mol. The van der Waals surface area contributed by atoms with Crippen LogP contribution in [0.25, 0.3) is 10.6 Å². The topological polar surface area (TPSA) is 46.1 Å². The summed E-state index contributed by atoms with van der Waals surface area (Å²) >= 11 is 7.74. The number of carbonyl (C=O) groups excluding carboxylic acids is 1. The van der Waals surface area contributed by atoms with Gasteiger partial charge in [0.1, 0.15) is 10.0 Å². The third kappa shape index (κ3) is 3.09. The molecule has 6 heteroatoms. The quantitative estimate of drug-likeness (QED) is 0.835. The Kier molecular flexibility index (Phi) is 4.22. The molecule has 0 unspecified atom stereocenters. The summed E-state index contributed by atoms with van der Waals surface area (Å²) in [7, 11) is 0. The fraction of sp³-hybridized carbons (Fsp3) is 0.400. The average Bonchev–Trinajstić information content (AvgIpc) is 3.28. The largest absolute Gasteiger partial charge is 0.301 e. The van der Waals surface area contributed by atoms with Gasteiger partial charge in [0.2, 0.25) is 5.91 Å². The van der Waals surface area contributed by atoms with Crippen LogP contribution in [0.3, 0.4) is 0 Å². The van der Waals surface area contributed by atoms with Gasteiger partial charge in [-0.3, -0.25) is 9.78 Å². The highest BCUT2D eigenvalue weighted by Crippen LogP contribution is 2.40. The minimum atomic E-state index is 0.177. The number of amides is 1. The summed E-state index contributed by atoms with van der Waals surface area (Å²) in [6.07, 6.45) is 6.36. The summed E-state index contributed by atoms with van der Waals surface area (Å²) in [6, 6.07) is 3.81. The zero-order chi connectivity index (χ0) is 14.8. The van der Waals surface area contributed by atoms with E-state index in [1.165, 1.54) is 11.3 Å². The van der Waals surface area contributed by atoms with E-state index in [0.29, 0.717) is 11.7 Å². The zero-order valence-corrected chi connectivity index (χ0v) is 13.3. The molecule has 0 atom stereocenters. The van der Waals surface area contributed by atoms with Gasteiger partial charge in [-0.2, -0.15) is 0 Å². The highest BCUT2D eigenvalue weighted by atomic mass is 35.5. The Bertz CT molecular complexity index is 640. The number of pyridine rings is 1. The third-order valence-electron chi connectivity index (χ3n) is 3.36. The van der Waals surface area contributed by atoms with Crippen LogP contribution in [0.5, 0.6) is 0 Å². The monoisotopic (exact) mass is 321 g/mol. The van der Waals surface area contributed by atoms with Crippen molar-refractivity contribution < 1.29 is 4.79 Å². The van der Waals surface area contributed by atoms with Gasteiger partial charge in [-0.25, -0.2) is 4.98 Å². The van der Waals surface area contributed by atoms with Crippen LogP contribution in [0.15, 0.2) is 24.5 Å². The Hall–Kier alpha value is -1.46. The van der Waals surface area contributed by atoms with Gasteiger partial charge < -0.3 is 4.90 Å². The highest BCUT2D eigenvalue weighted by Gasteiger charge is 2.35. The summed E-state index contributed by atoms with van der Waals surface area (Å²) < 4.78 is 0. The van der Waals surface area contributed by atoms with E-state index in [-0.39, 0.29) is 11.8 Å². The first-order valence-corrected chi connectivity index (χ1v) is 8.28. The van der Waals surface area contributed by atoms with Crippen LogP contribution in [-0.2, 0) is 4.79 Å². The molecular weight excluding hydrogens is 306 g/mol. The number of nitrogens with zero attached hydrogens (tertiary/aromatic N) is 3. The lowest BCUT2D eigenvalue weighted by Gasteiger charge is -2.20. The minimum Gasteiger partial charge on any atom is -0.301 e. The van der Waals surface area contributed by atoms with Gasteiger partial charge in [-0.05, 0) is 31.4 Å². The number of hydrogen-bond acceptors (Lipinski definition) is 4. The van der Waals surface area contributed by atoms with E-state index < -0.39 is 0 Å². The first kappa shape index (κ1) is 14.5. The molecule has 0 radical (unpaired) electrons. The lowest BCUT2D eigenvalue weighted by atomic mass is 10.3. The van der Waals surface area contributed by atoms with E-state index in [9.17, 15) is 4.79 Å². The van der Waals surface area contributed by atoms with Crippen LogP contribution in [-0.4, -0.2) is 22.4 Å². The molecule has 2 aromatic heterocycles. The number of rotatable bonds is 5. The lowest BCUT2D eigenvalue weighted by molar-refractivity contribution is -0.119. The summed E-state index contributed by atoms with van der Waals surface area (Å²) in [5.74, 6) is 0.358. The average molecular weight is 322 g/mol. The normalized spacial score (nSPS) is 14.2. The van der Waals surface area contributed by atoms with Crippen LogP contribution >= 0.6 is 22.9 Å². The van der Waals surface area contributed by atoms with Gasteiger partial charge in [0.25, 0.3) is 0 Å². The van der Waals surface area contributed by atoms with Crippen molar-refractivity contribution in [3.63, 3.8) is 0 Å². The van der Waals surface area contributed by atoms with Gasteiger partial charge in [0.05, 0.1) is 0 Å². The molecule has 0 N–H and O–H groups in total. The van der Waals surface area contributed by atoms with Crippen molar-refractivity contribution in [3.8, 4) is 10.6 Å². The van der Waals surface area contributed by atoms with Crippen molar-refractivity contribution in [2.24, 2.45) is 5.92 Å². The van der Waals surface area contributed by atoms with E-state index in [4.69, 9.17) is 11.6 Å². The fourth-order valence-corrected chi connectivity index (χ4v) is 3.49. The van der Waals surface area contributed by atoms with Crippen molar-refractivity contribution in [2.75, 3.05) is 11.4 Å².